The first-order chi connectivity index (χ1) is 18.4. The van der Waals surface area contributed by atoms with Gasteiger partial charge in [-0.15, -0.1) is 0 Å². The number of amides is 5. The van der Waals surface area contributed by atoms with Crippen LogP contribution in [0.4, 0.5) is 21.0 Å². The normalized spacial score (nSPS) is 16.4. The third kappa shape index (κ3) is 7.47. The zero-order chi connectivity index (χ0) is 26.9. The second kappa shape index (κ2) is 12.9. The highest BCUT2D eigenvalue weighted by Gasteiger charge is 2.33. The van der Waals surface area contributed by atoms with Crippen LogP contribution in [0.1, 0.15) is 31.2 Å². The second-order valence-corrected chi connectivity index (χ2v) is 9.75. The predicted octanol–water partition coefficient (Wildman–Crippen LogP) is 3.59. The number of ether oxygens (including phenoxy) is 1. The molecule has 1 atom stereocenters. The van der Waals surface area contributed by atoms with Crippen LogP contribution in [0.15, 0.2) is 54.6 Å². The van der Waals surface area contributed by atoms with Crippen LogP contribution < -0.4 is 16.0 Å². The number of nitrogens with zero attached hydrogens (tertiary/aromatic N) is 2. The molecule has 38 heavy (non-hydrogen) atoms. The van der Waals surface area contributed by atoms with E-state index in [1.165, 1.54) is 0 Å². The molecule has 0 radical (unpaired) electrons. The van der Waals surface area contributed by atoms with E-state index in [0.29, 0.717) is 44.7 Å². The number of carbonyl (C=O) groups excluding carboxylic acids is 4. The Balaban J connectivity index is 1.35. The molecule has 2 aromatic carbocycles. The molecule has 4 rings (SSSR count). The SMILES string of the molecule is Cc1cccc(NC(=O)NC(COC(=O)N2CCCC2)C(=O)N2CCC(C(=O)Nc3ccccc3)CC2)c1. The number of hydrogen-bond acceptors (Lipinski definition) is 5. The zero-order valence-electron chi connectivity index (χ0n) is 21.7. The van der Waals surface area contributed by atoms with Gasteiger partial charge in [0.05, 0.1) is 0 Å². The molecule has 2 aromatic rings. The van der Waals surface area contributed by atoms with Crippen LogP contribution >= 0.6 is 0 Å². The molecule has 2 fully saturated rings. The minimum absolute atomic E-state index is 0.0740. The molecular formula is C28H35N5O5. The number of anilines is 2. The first-order valence-electron chi connectivity index (χ1n) is 13.1. The molecular weight excluding hydrogens is 486 g/mol. The van der Waals surface area contributed by atoms with E-state index in [1.807, 2.05) is 55.5 Å². The van der Waals surface area contributed by atoms with Gasteiger partial charge in [-0.25, -0.2) is 9.59 Å². The van der Waals surface area contributed by atoms with E-state index in [1.54, 1.807) is 15.9 Å². The van der Waals surface area contributed by atoms with Crippen molar-refractivity contribution in [2.24, 2.45) is 5.92 Å². The summed E-state index contributed by atoms with van der Waals surface area (Å²) in [6.45, 7) is 3.61. The topological polar surface area (TPSA) is 120 Å². The van der Waals surface area contributed by atoms with Gasteiger partial charge in [0.1, 0.15) is 12.6 Å². The van der Waals surface area contributed by atoms with Crippen LogP contribution in [0.25, 0.3) is 0 Å². The molecule has 5 amide bonds. The van der Waals surface area contributed by atoms with Crippen molar-refractivity contribution in [3.63, 3.8) is 0 Å². The van der Waals surface area contributed by atoms with Crippen molar-refractivity contribution in [3.8, 4) is 0 Å². The maximum atomic E-state index is 13.4. The van der Waals surface area contributed by atoms with Crippen molar-refractivity contribution in [2.75, 3.05) is 43.4 Å². The summed E-state index contributed by atoms with van der Waals surface area (Å²) in [5.74, 6) is -0.640. The zero-order valence-corrected chi connectivity index (χ0v) is 21.7. The number of piperidine rings is 1. The number of carbonyl (C=O) groups is 4. The molecule has 202 valence electrons. The molecule has 1 unspecified atom stereocenters. The molecule has 0 spiro atoms. The maximum Gasteiger partial charge on any atom is 0.409 e. The number of rotatable bonds is 7. The minimum Gasteiger partial charge on any atom is -0.447 e. The Bertz CT molecular complexity index is 1130. The Morgan fingerprint density at radius 1 is 0.868 bits per heavy atom. The third-order valence-electron chi connectivity index (χ3n) is 6.84. The van der Waals surface area contributed by atoms with E-state index >= 15 is 0 Å². The van der Waals surface area contributed by atoms with E-state index in [2.05, 4.69) is 16.0 Å². The van der Waals surface area contributed by atoms with Crippen LogP contribution in [0.5, 0.6) is 0 Å². The first kappa shape index (κ1) is 27.0. The lowest BCUT2D eigenvalue weighted by atomic mass is 9.95. The number of hydrogen-bond donors (Lipinski definition) is 3. The molecule has 2 heterocycles. The summed E-state index contributed by atoms with van der Waals surface area (Å²) >= 11 is 0. The van der Waals surface area contributed by atoms with Gasteiger partial charge in [-0.1, -0.05) is 30.3 Å². The largest absolute Gasteiger partial charge is 0.447 e. The molecule has 2 saturated heterocycles. The highest BCUT2D eigenvalue weighted by atomic mass is 16.6. The molecule has 0 aromatic heterocycles. The van der Waals surface area contributed by atoms with E-state index in [-0.39, 0.29) is 24.3 Å². The van der Waals surface area contributed by atoms with Gasteiger partial charge in [0.25, 0.3) is 0 Å². The Morgan fingerprint density at radius 3 is 2.24 bits per heavy atom. The van der Waals surface area contributed by atoms with Crippen molar-refractivity contribution < 1.29 is 23.9 Å². The summed E-state index contributed by atoms with van der Waals surface area (Å²) < 4.78 is 5.43. The molecule has 10 heteroatoms. The molecule has 0 bridgehead atoms. The second-order valence-electron chi connectivity index (χ2n) is 9.75. The van der Waals surface area contributed by atoms with Gasteiger partial charge in [0, 0.05) is 43.5 Å². The summed E-state index contributed by atoms with van der Waals surface area (Å²) in [7, 11) is 0. The first-order valence-corrected chi connectivity index (χ1v) is 13.1. The van der Waals surface area contributed by atoms with Gasteiger partial charge in [-0.05, 0) is 62.4 Å². The molecule has 2 aliphatic heterocycles. The van der Waals surface area contributed by atoms with E-state index in [9.17, 15) is 19.2 Å². The summed E-state index contributed by atoms with van der Waals surface area (Å²) in [5.41, 5.74) is 2.31. The molecule has 3 N–H and O–H groups in total. The molecule has 0 aliphatic carbocycles. The third-order valence-corrected chi connectivity index (χ3v) is 6.84. The fourth-order valence-electron chi connectivity index (χ4n) is 4.72. The van der Waals surface area contributed by atoms with Crippen LogP contribution in [0, 0.1) is 12.8 Å². The molecule has 10 nitrogen and oxygen atoms in total. The van der Waals surface area contributed by atoms with Gasteiger partial charge in [-0.3, -0.25) is 9.59 Å². The van der Waals surface area contributed by atoms with Crippen molar-refractivity contribution in [1.82, 2.24) is 15.1 Å². The van der Waals surface area contributed by atoms with Crippen molar-refractivity contribution in [1.29, 1.82) is 0 Å². The fourth-order valence-corrected chi connectivity index (χ4v) is 4.72. The molecule has 0 saturated carbocycles. The van der Waals surface area contributed by atoms with Crippen LogP contribution in [-0.2, 0) is 14.3 Å². The lowest BCUT2D eigenvalue weighted by Gasteiger charge is -2.34. The van der Waals surface area contributed by atoms with Gasteiger partial charge >= 0.3 is 12.1 Å². The predicted molar refractivity (Wildman–Crippen MR) is 144 cm³/mol. The van der Waals surface area contributed by atoms with Gasteiger partial charge in [-0.2, -0.15) is 0 Å². The van der Waals surface area contributed by atoms with Crippen LogP contribution in [0.2, 0.25) is 0 Å². The Kier molecular flexibility index (Phi) is 9.18. The number of likely N-dealkylation sites (tertiary alicyclic amines) is 2. The summed E-state index contributed by atoms with van der Waals surface area (Å²) in [6.07, 6.45) is 2.35. The lowest BCUT2D eigenvalue weighted by molar-refractivity contribution is -0.137. The lowest BCUT2D eigenvalue weighted by Crippen LogP contribution is -2.54. The van der Waals surface area contributed by atoms with Crippen molar-refractivity contribution in [2.45, 2.75) is 38.6 Å². The number of urea groups is 1. The number of para-hydroxylation sites is 1. The maximum absolute atomic E-state index is 13.4. The number of benzene rings is 2. The van der Waals surface area contributed by atoms with Gasteiger partial charge < -0.3 is 30.5 Å². The van der Waals surface area contributed by atoms with Crippen molar-refractivity contribution in [3.05, 3.63) is 60.2 Å². The average Bonchev–Trinajstić information content (AvgIpc) is 3.46. The van der Waals surface area contributed by atoms with E-state index in [4.69, 9.17) is 4.74 Å². The number of nitrogens with one attached hydrogen (secondary N) is 3. The standard InChI is InChI=1S/C28H35N5O5/c1-20-8-7-11-23(18-20)30-27(36)31-24(19-38-28(37)33-14-5-6-15-33)26(35)32-16-12-21(13-17-32)25(34)29-22-9-3-2-4-10-22/h2-4,7-11,18,21,24H,5-6,12-17,19H2,1H3,(H,29,34)(H2,30,31,36). The van der Waals surface area contributed by atoms with Gasteiger partial charge in [0.2, 0.25) is 11.8 Å². The smallest absolute Gasteiger partial charge is 0.409 e. The Labute approximate surface area is 222 Å². The highest BCUT2D eigenvalue weighted by Crippen LogP contribution is 2.20. The number of aryl methyl sites for hydroxylation is 1. The van der Waals surface area contributed by atoms with Crippen molar-refractivity contribution >= 4 is 35.3 Å². The van der Waals surface area contributed by atoms with E-state index in [0.717, 1.165) is 24.1 Å². The highest BCUT2D eigenvalue weighted by molar-refractivity contribution is 5.95. The monoisotopic (exact) mass is 521 g/mol. The summed E-state index contributed by atoms with van der Waals surface area (Å²) in [4.78, 5) is 54.5. The van der Waals surface area contributed by atoms with E-state index < -0.39 is 18.2 Å². The Morgan fingerprint density at radius 2 is 1.55 bits per heavy atom. The van der Waals surface area contributed by atoms with Crippen LogP contribution in [0.3, 0.4) is 0 Å². The van der Waals surface area contributed by atoms with Crippen LogP contribution in [-0.4, -0.2) is 72.6 Å². The summed E-state index contributed by atoms with van der Waals surface area (Å²) in [5, 5.41) is 8.33. The fraction of sp³-hybridized carbons (Fsp3) is 0.429. The minimum atomic E-state index is -1.05. The quantitative estimate of drug-likeness (QED) is 0.514. The average molecular weight is 522 g/mol. The molecule has 2 aliphatic rings. The Hall–Kier alpha value is -4.08. The van der Waals surface area contributed by atoms with Gasteiger partial charge in [0.15, 0.2) is 0 Å². The summed E-state index contributed by atoms with van der Waals surface area (Å²) in [6, 6.07) is 14.9.